The third kappa shape index (κ3) is 3.62. The van der Waals surface area contributed by atoms with Gasteiger partial charge in [0.25, 0.3) is 5.91 Å². The Hall–Kier alpha value is -2.69. The van der Waals surface area contributed by atoms with Crippen molar-refractivity contribution in [2.45, 2.75) is 49.2 Å². The Balaban J connectivity index is 1.13. The van der Waals surface area contributed by atoms with Gasteiger partial charge in [0.15, 0.2) is 0 Å². The lowest BCUT2D eigenvalue weighted by molar-refractivity contribution is -0.0497. The molecule has 0 spiro atoms. The third-order valence-corrected chi connectivity index (χ3v) is 7.04. The van der Waals surface area contributed by atoms with Crippen molar-refractivity contribution in [3.63, 3.8) is 0 Å². The summed E-state index contributed by atoms with van der Waals surface area (Å²) in [6.45, 7) is 3.22. The number of hydrogen-bond donors (Lipinski definition) is 2. The van der Waals surface area contributed by atoms with Crippen molar-refractivity contribution >= 4 is 5.91 Å². The lowest BCUT2D eigenvalue weighted by atomic mass is 9.82. The predicted molar refractivity (Wildman–Crippen MR) is 113 cm³/mol. The number of aromatic nitrogens is 2. The molecule has 7 heteroatoms. The first kappa shape index (κ1) is 19.3. The standard InChI is InChI=1S/C23H28N6O/c24-9-8-23(15-28(16-23)22(30)18-13-25-26-14-18)29-10-6-19(7-11-29)27-21-12-20(21)17-4-2-1-3-5-17/h1-5,13-14,19-21,27H,6-8,10-12,15-16H2,(H,25,26)/t20-,21+/m0/s1. The lowest BCUT2D eigenvalue weighted by Gasteiger charge is -2.56. The monoisotopic (exact) mass is 404 g/mol. The second-order valence-corrected chi connectivity index (χ2v) is 8.99. The van der Waals surface area contributed by atoms with Gasteiger partial charge in [-0.1, -0.05) is 30.3 Å². The van der Waals surface area contributed by atoms with E-state index in [2.05, 4.69) is 56.8 Å². The summed E-state index contributed by atoms with van der Waals surface area (Å²) in [5, 5.41) is 19.8. The molecule has 2 N–H and O–H groups in total. The number of aromatic amines is 1. The number of amides is 1. The molecule has 1 aliphatic carbocycles. The average Bonchev–Trinajstić information content (AvgIpc) is 3.29. The van der Waals surface area contributed by atoms with Crippen molar-refractivity contribution in [1.82, 2.24) is 25.3 Å². The van der Waals surface area contributed by atoms with Crippen LogP contribution in [0, 0.1) is 11.3 Å². The zero-order chi connectivity index (χ0) is 20.6. The molecule has 0 radical (unpaired) electrons. The second kappa shape index (κ2) is 7.86. The van der Waals surface area contributed by atoms with Gasteiger partial charge in [-0.3, -0.25) is 14.8 Å². The maximum Gasteiger partial charge on any atom is 0.257 e. The van der Waals surface area contributed by atoms with Crippen LogP contribution >= 0.6 is 0 Å². The van der Waals surface area contributed by atoms with Crippen molar-refractivity contribution in [2.24, 2.45) is 0 Å². The third-order valence-electron chi connectivity index (χ3n) is 7.04. The smallest absolute Gasteiger partial charge is 0.257 e. The van der Waals surface area contributed by atoms with Gasteiger partial charge in [0.05, 0.1) is 29.8 Å². The van der Waals surface area contributed by atoms with Crippen molar-refractivity contribution in [3.8, 4) is 6.07 Å². The molecule has 7 nitrogen and oxygen atoms in total. The average molecular weight is 405 g/mol. The fourth-order valence-corrected chi connectivity index (χ4v) is 5.20. The first-order valence-corrected chi connectivity index (χ1v) is 10.9. The molecule has 1 aromatic carbocycles. The van der Waals surface area contributed by atoms with Crippen LogP contribution in [0.25, 0.3) is 0 Å². The maximum atomic E-state index is 12.5. The number of benzene rings is 1. The predicted octanol–water partition coefficient (Wildman–Crippen LogP) is 2.13. The van der Waals surface area contributed by atoms with Crippen molar-refractivity contribution in [2.75, 3.05) is 26.2 Å². The Labute approximate surface area is 177 Å². The summed E-state index contributed by atoms with van der Waals surface area (Å²) < 4.78 is 0. The van der Waals surface area contributed by atoms with E-state index in [0.29, 0.717) is 43.1 Å². The Bertz CT molecular complexity index is 907. The zero-order valence-electron chi connectivity index (χ0n) is 17.1. The van der Waals surface area contributed by atoms with E-state index in [0.717, 1.165) is 25.9 Å². The van der Waals surface area contributed by atoms with E-state index >= 15 is 0 Å². The normalized spacial score (nSPS) is 26.0. The quantitative estimate of drug-likeness (QED) is 0.770. The maximum absolute atomic E-state index is 12.5. The van der Waals surface area contributed by atoms with E-state index in [-0.39, 0.29) is 11.4 Å². The van der Waals surface area contributed by atoms with E-state index in [9.17, 15) is 10.1 Å². The molecule has 5 rings (SSSR count). The summed E-state index contributed by atoms with van der Waals surface area (Å²) in [4.78, 5) is 16.8. The molecule has 2 saturated heterocycles. The summed E-state index contributed by atoms with van der Waals surface area (Å²) in [6.07, 6.45) is 7.09. The molecule has 2 aromatic rings. The molecular formula is C23H28N6O. The van der Waals surface area contributed by atoms with Crippen LogP contribution in [0.3, 0.4) is 0 Å². The number of nitrogens with one attached hydrogen (secondary N) is 2. The highest BCUT2D eigenvalue weighted by Gasteiger charge is 2.50. The van der Waals surface area contributed by atoms with Crippen molar-refractivity contribution in [1.29, 1.82) is 5.26 Å². The lowest BCUT2D eigenvalue weighted by Crippen LogP contribution is -2.72. The summed E-state index contributed by atoms with van der Waals surface area (Å²) in [5.74, 6) is 0.651. The SMILES string of the molecule is N#CCC1(N2CCC(N[C@@H]3C[C@H]3c3ccccc3)CC2)CN(C(=O)c2cn[nH]c2)C1. The molecular weight excluding hydrogens is 376 g/mol. The van der Waals surface area contributed by atoms with Crippen LogP contribution in [0.5, 0.6) is 0 Å². The number of carbonyl (C=O) groups is 1. The highest BCUT2D eigenvalue weighted by molar-refractivity contribution is 5.94. The van der Waals surface area contributed by atoms with Crippen LogP contribution in [0.15, 0.2) is 42.7 Å². The summed E-state index contributed by atoms with van der Waals surface area (Å²) in [5.41, 5.74) is 1.84. The summed E-state index contributed by atoms with van der Waals surface area (Å²) in [6, 6.07) is 14.3. The van der Waals surface area contributed by atoms with Crippen LogP contribution in [0.1, 0.15) is 47.5 Å². The van der Waals surface area contributed by atoms with Crippen molar-refractivity contribution in [3.05, 3.63) is 53.9 Å². The van der Waals surface area contributed by atoms with Gasteiger partial charge in [0.1, 0.15) is 0 Å². The van der Waals surface area contributed by atoms with E-state index in [4.69, 9.17) is 0 Å². The Morgan fingerprint density at radius 1 is 1.27 bits per heavy atom. The molecule has 2 atom stereocenters. The topological polar surface area (TPSA) is 88.1 Å². The van der Waals surface area contributed by atoms with Gasteiger partial charge in [-0.25, -0.2) is 0 Å². The number of rotatable bonds is 6. The number of nitriles is 1. The molecule has 1 saturated carbocycles. The van der Waals surface area contributed by atoms with Crippen LogP contribution in [0.2, 0.25) is 0 Å². The van der Waals surface area contributed by atoms with Gasteiger partial charge >= 0.3 is 0 Å². The Morgan fingerprint density at radius 2 is 2.03 bits per heavy atom. The second-order valence-electron chi connectivity index (χ2n) is 8.99. The molecule has 156 valence electrons. The highest BCUT2D eigenvalue weighted by atomic mass is 16.2. The number of carbonyl (C=O) groups excluding carboxylic acids is 1. The van der Waals surface area contributed by atoms with Gasteiger partial charge < -0.3 is 10.2 Å². The first-order chi connectivity index (χ1) is 14.7. The molecule has 1 aromatic heterocycles. The first-order valence-electron chi connectivity index (χ1n) is 10.9. The minimum absolute atomic E-state index is 0.00504. The summed E-state index contributed by atoms with van der Waals surface area (Å²) in [7, 11) is 0. The molecule has 3 fully saturated rings. The molecule has 0 bridgehead atoms. The minimum Gasteiger partial charge on any atom is -0.335 e. The van der Waals surface area contributed by atoms with Crippen LogP contribution in [0.4, 0.5) is 0 Å². The number of hydrogen-bond acceptors (Lipinski definition) is 5. The number of H-pyrrole nitrogens is 1. The van der Waals surface area contributed by atoms with Crippen LogP contribution in [-0.4, -0.2) is 69.7 Å². The Morgan fingerprint density at radius 3 is 2.70 bits per heavy atom. The van der Waals surface area contributed by atoms with Crippen LogP contribution in [-0.2, 0) is 0 Å². The molecule has 2 aliphatic heterocycles. The molecule has 1 amide bonds. The van der Waals surface area contributed by atoms with Gasteiger partial charge in [-0.15, -0.1) is 0 Å². The van der Waals surface area contributed by atoms with Crippen LogP contribution < -0.4 is 5.32 Å². The number of piperidine rings is 1. The fourth-order valence-electron chi connectivity index (χ4n) is 5.20. The molecule has 30 heavy (non-hydrogen) atoms. The van der Waals surface area contributed by atoms with Gasteiger partial charge in [-0.2, -0.15) is 10.4 Å². The number of nitrogens with zero attached hydrogens (tertiary/aromatic N) is 4. The number of likely N-dealkylation sites (tertiary alicyclic amines) is 2. The fraction of sp³-hybridized carbons (Fsp3) is 0.522. The minimum atomic E-state index is -0.189. The van der Waals surface area contributed by atoms with E-state index in [1.807, 2.05) is 4.90 Å². The van der Waals surface area contributed by atoms with E-state index < -0.39 is 0 Å². The molecule has 0 unspecified atom stereocenters. The zero-order valence-corrected chi connectivity index (χ0v) is 17.1. The Kier molecular flexibility index (Phi) is 5.05. The van der Waals surface area contributed by atoms with Gasteiger partial charge in [-0.05, 0) is 24.8 Å². The summed E-state index contributed by atoms with van der Waals surface area (Å²) >= 11 is 0. The van der Waals surface area contributed by atoms with E-state index in [1.165, 1.54) is 12.0 Å². The largest absolute Gasteiger partial charge is 0.335 e. The van der Waals surface area contributed by atoms with Gasteiger partial charge in [0, 0.05) is 50.4 Å². The van der Waals surface area contributed by atoms with Crippen molar-refractivity contribution < 1.29 is 4.79 Å². The van der Waals surface area contributed by atoms with E-state index in [1.54, 1.807) is 12.4 Å². The molecule has 3 aliphatic rings. The van der Waals surface area contributed by atoms with Gasteiger partial charge in [0.2, 0.25) is 0 Å². The molecule has 3 heterocycles. The highest BCUT2D eigenvalue weighted by Crippen LogP contribution is 2.42.